The van der Waals surface area contributed by atoms with Gasteiger partial charge in [-0.25, -0.2) is 8.42 Å². The maximum absolute atomic E-state index is 13.3. The van der Waals surface area contributed by atoms with E-state index < -0.39 is 10.0 Å². The van der Waals surface area contributed by atoms with Crippen LogP contribution in [0.3, 0.4) is 0 Å². The van der Waals surface area contributed by atoms with Gasteiger partial charge in [0.25, 0.3) is 0 Å². The van der Waals surface area contributed by atoms with Gasteiger partial charge in [0.2, 0.25) is 15.9 Å². The standard InChI is InChI=1S/C23H22Cl2N2O3S2/c1-2-12-27(32(29,30)22-14-19(24)10-11-21(22)25)17-23(28)26(16-20-9-6-13-31-20)15-18-7-4-3-5-8-18/h2-11,13-14H,1,12,15-17H2. The zero-order valence-corrected chi connectivity index (χ0v) is 20.3. The molecule has 0 fully saturated rings. The second kappa shape index (κ2) is 11.1. The van der Waals surface area contributed by atoms with Crippen LogP contribution in [-0.4, -0.2) is 36.6 Å². The molecule has 0 radical (unpaired) electrons. The van der Waals surface area contributed by atoms with Crippen LogP contribution in [0.2, 0.25) is 10.0 Å². The first-order valence-corrected chi connectivity index (χ1v) is 12.8. The van der Waals surface area contributed by atoms with Crippen LogP contribution in [0, 0.1) is 0 Å². The average Bonchev–Trinajstić information content (AvgIpc) is 3.28. The van der Waals surface area contributed by atoms with Crippen LogP contribution in [-0.2, 0) is 27.9 Å². The molecule has 0 aliphatic rings. The zero-order chi connectivity index (χ0) is 23.1. The molecule has 0 aliphatic carbocycles. The highest BCUT2D eigenvalue weighted by Crippen LogP contribution is 2.28. The van der Waals surface area contributed by atoms with Gasteiger partial charge in [0.05, 0.1) is 18.1 Å². The Labute approximate surface area is 202 Å². The number of nitrogens with zero attached hydrogens (tertiary/aromatic N) is 2. The van der Waals surface area contributed by atoms with Gasteiger partial charge in [-0.1, -0.05) is 65.7 Å². The minimum atomic E-state index is -4.08. The van der Waals surface area contributed by atoms with Gasteiger partial charge in [0, 0.05) is 23.0 Å². The largest absolute Gasteiger partial charge is 0.332 e. The van der Waals surface area contributed by atoms with Crippen molar-refractivity contribution in [3.05, 3.63) is 99.2 Å². The lowest BCUT2D eigenvalue weighted by Crippen LogP contribution is -2.42. The maximum atomic E-state index is 13.3. The summed E-state index contributed by atoms with van der Waals surface area (Å²) in [7, 11) is -4.08. The highest BCUT2D eigenvalue weighted by atomic mass is 35.5. The SMILES string of the molecule is C=CCN(CC(=O)N(Cc1ccccc1)Cc1cccs1)S(=O)(=O)c1cc(Cl)ccc1Cl. The zero-order valence-electron chi connectivity index (χ0n) is 17.2. The lowest BCUT2D eigenvalue weighted by atomic mass is 10.2. The van der Waals surface area contributed by atoms with E-state index in [9.17, 15) is 13.2 Å². The van der Waals surface area contributed by atoms with Crippen molar-refractivity contribution < 1.29 is 13.2 Å². The van der Waals surface area contributed by atoms with E-state index in [0.717, 1.165) is 14.7 Å². The van der Waals surface area contributed by atoms with Crippen LogP contribution in [0.15, 0.2) is 83.6 Å². The van der Waals surface area contributed by atoms with E-state index in [1.165, 1.54) is 24.3 Å². The molecular weight excluding hydrogens is 487 g/mol. The number of carbonyl (C=O) groups excluding carboxylic acids is 1. The Morgan fingerprint density at radius 1 is 1.03 bits per heavy atom. The number of hydrogen-bond donors (Lipinski definition) is 0. The third-order valence-electron chi connectivity index (χ3n) is 4.65. The number of rotatable bonds is 10. The van der Waals surface area contributed by atoms with E-state index in [2.05, 4.69) is 6.58 Å². The summed E-state index contributed by atoms with van der Waals surface area (Å²) in [5, 5.41) is 2.22. The summed E-state index contributed by atoms with van der Waals surface area (Å²) in [6, 6.07) is 17.6. The molecule has 32 heavy (non-hydrogen) atoms. The van der Waals surface area contributed by atoms with Crippen molar-refractivity contribution in [2.45, 2.75) is 18.0 Å². The third-order valence-corrected chi connectivity index (χ3v) is 8.04. The summed E-state index contributed by atoms with van der Waals surface area (Å²) in [5.41, 5.74) is 0.952. The number of carbonyl (C=O) groups is 1. The first kappa shape index (κ1) is 24.5. The monoisotopic (exact) mass is 508 g/mol. The molecule has 0 unspecified atom stereocenters. The Balaban J connectivity index is 1.88. The smallest absolute Gasteiger partial charge is 0.245 e. The van der Waals surface area contributed by atoms with Gasteiger partial charge in [0.1, 0.15) is 4.90 Å². The van der Waals surface area contributed by atoms with Crippen LogP contribution in [0.4, 0.5) is 0 Å². The van der Waals surface area contributed by atoms with Crippen molar-refractivity contribution in [3.8, 4) is 0 Å². The third kappa shape index (κ3) is 6.21. The molecule has 1 amide bonds. The average molecular weight is 509 g/mol. The summed E-state index contributed by atoms with van der Waals surface area (Å²) in [5.74, 6) is -0.328. The second-order valence-corrected chi connectivity index (χ2v) is 10.8. The van der Waals surface area contributed by atoms with Gasteiger partial charge in [-0.3, -0.25) is 4.79 Å². The van der Waals surface area contributed by atoms with E-state index in [1.54, 1.807) is 16.2 Å². The second-order valence-electron chi connectivity index (χ2n) is 6.98. The van der Waals surface area contributed by atoms with E-state index in [1.807, 2.05) is 47.8 Å². The molecule has 2 aromatic carbocycles. The van der Waals surface area contributed by atoms with E-state index in [4.69, 9.17) is 23.2 Å². The lowest BCUT2D eigenvalue weighted by molar-refractivity contribution is -0.132. The van der Waals surface area contributed by atoms with Crippen molar-refractivity contribution in [3.63, 3.8) is 0 Å². The molecule has 0 saturated carbocycles. The highest BCUT2D eigenvalue weighted by Gasteiger charge is 2.30. The molecule has 0 saturated heterocycles. The first-order valence-electron chi connectivity index (χ1n) is 9.71. The van der Waals surface area contributed by atoms with Crippen LogP contribution in [0.1, 0.15) is 10.4 Å². The normalized spacial score (nSPS) is 11.5. The van der Waals surface area contributed by atoms with Gasteiger partial charge in [-0.15, -0.1) is 17.9 Å². The topological polar surface area (TPSA) is 57.7 Å². The molecule has 0 aliphatic heterocycles. The van der Waals surface area contributed by atoms with Crippen molar-refractivity contribution >= 4 is 50.5 Å². The predicted octanol–water partition coefficient (Wildman–Crippen LogP) is 5.46. The van der Waals surface area contributed by atoms with Crippen LogP contribution in [0.25, 0.3) is 0 Å². The number of halogens is 2. The van der Waals surface area contributed by atoms with Crippen molar-refractivity contribution in [2.75, 3.05) is 13.1 Å². The molecule has 0 N–H and O–H groups in total. The number of thiophene rings is 1. The van der Waals surface area contributed by atoms with Gasteiger partial charge in [-0.2, -0.15) is 4.31 Å². The molecule has 0 spiro atoms. The Morgan fingerprint density at radius 3 is 2.44 bits per heavy atom. The molecule has 3 rings (SSSR count). The van der Waals surface area contributed by atoms with E-state index in [-0.39, 0.29) is 33.9 Å². The van der Waals surface area contributed by atoms with Gasteiger partial charge >= 0.3 is 0 Å². The van der Waals surface area contributed by atoms with Crippen molar-refractivity contribution in [2.24, 2.45) is 0 Å². The van der Waals surface area contributed by atoms with Gasteiger partial charge in [0.15, 0.2) is 0 Å². The first-order chi connectivity index (χ1) is 15.3. The summed E-state index contributed by atoms with van der Waals surface area (Å²) in [4.78, 5) is 15.8. The molecule has 3 aromatic rings. The maximum Gasteiger partial charge on any atom is 0.245 e. The number of amides is 1. The Morgan fingerprint density at radius 2 is 1.78 bits per heavy atom. The minimum Gasteiger partial charge on any atom is -0.332 e. The molecule has 5 nitrogen and oxygen atoms in total. The summed E-state index contributed by atoms with van der Waals surface area (Å²) in [6.07, 6.45) is 1.43. The van der Waals surface area contributed by atoms with Crippen molar-refractivity contribution in [1.82, 2.24) is 9.21 Å². The quantitative estimate of drug-likeness (QED) is 0.341. The highest BCUT2D eigenvalue weighted by molar-refractivity contribution is 7.89. The summed E-state index contributed by atoms with van der Waals surface area (Å²) >= 11 is 13.7. The van der Waals surface area contributed by atoms with E-state index >= 15 is 0 Å². The molecule has 1 aromatic heterocycles. The fraction of sp³-hybridized carbons (Fsp3) is 0.174. The predicted molar refractivity (Wildman–Crippen MR) is 130 cm³/mol. The van der Waals surface area contributed by atoms with Crippen LogP contribution < -0.4 is 0 Å². The molecule has 0 bridgehead atoms. The van der Waals surface area contributed by atoms with Crippen LogP contribution >= 0.6 is 34.5 Å². The van der Waals surface area contributed by atoms with Gasteiger partial charge in [-0.05, 0) is 35.2 Å². The Hall–Kier alpha value is -2.16. The minimum absolute atomic E-state index is 0.0376. The van der Waals surface area contributed by atoms with E-state index in [0.29, 0.717) is 13.1 Å². The fourth-order valence-electron chi connectivity index (χ4n) is 3.08. The molecule has 0 atom stereocenters. The Kier molecular flexibility index (Phi) is 8.51. The van der Waals surface area contributed by atoms with Gasteiger partial charge < -0.3 is 4.90 Å². The number of benzene rings is 2. The molecular formula is C23H22Cl2N2O3S2. The summed E-state index contributed by atoms with van der Waals surface area (Å²) < 4.78 is 27.7. The fourth-order valence-corrected chi connectivity index (χ4v) is 5.90. The number of sulfonamides is 1. The molecule has 1 heterocycles. The van der Waals surface area contributed by atoms with Crippen LogP contribution in [0.5, 0.6) is 0 Å². The lowest BCUT2D eigenvalue weighted by Gasteiger charge is -2.27. The Bertz CT molecular complexity index is 1170. The van der Waals surface area contributed by atoms with Crippen molar-refractivity contribution in [1.29, 1.82) is 0 Å². The number of hydrogen-bond acceptors (Lipinski definition) is 4. The molecule has 9 heteroatoms. The summed E-state index contributed by atoms with van der Waals surface area (Å²) in [6.45, 7) is 3.98. The molecule has 168 valence electrons.